The van der Waals surface area contributed by atoms with Gasteiger partial charge in [0.15, 0.2) is 11.6 Å². The molecule has 5 heterocycles. The van der Waals surface area contributed by atoms with Gasteiger partial charge in [-0.2, -0.15) is 0 Å². The summed E-state index contributed by atoms with van der Waals surface area (Å²) in [6.45, 7) is 0. The first-order valence-corrected chi connectivity index (χ1v) is 14.0. The summed E-state index contributed by atoms with van der Waals surface area (Å²) in [6.07, 6.45) is 12.7. The Bertz CT molecular complexity index is 1380. The van der Waals surface area contributed by atoms with Crippen LogP contribution in [0.1, 0.15) is 0 Å². The van der Waals surface area contributed by atoms with Gasteiger partial charge in [0.1, 0.15) is 11.4 Å². The Kier molecular flexibility index (Phi) is 15.1. The molecule has 0 atom stereocenters. The molecule has 5 aromatic heterocycles. The number of aryl methyl sites for hydroxylation is 3. The summed E-state index contributed by atoms with van der Waals surface area (Å²) in [5, 5.41) is 0. The second-order valence-corrected chi connectivity index (χ2v) is 7.50. The molecule has 0 radical (unpaired) electrons. The molecular weight excluding hydrogens is 721 g/mol. The predicted molar refractivity (Wildman–Crippen MR) is 139 cm³/mol. The van der Waals surface area contributed by atoms with E-state index in [2.05, 4.69) is 40.6 Å². The van der Waals surface area contributed by atoms with E-state index >= 15 is 0 Å². The SMILES string of the molecule is Cn1ccnc1-c1ccccn1.Cn1ccnc1-c1ccccn1.Cn1cnc2ccccc21.[Cl-].[Cl-].[Cl][Os]. The van der Waals surface area contributed by atoms with Crippen molar-refractivity contribution in [1.82, 2.24) is 38.6 Å². The number of pyridine rings is 2. The van der Waals surface area contributed by atoms with E-state index in [1.54, 1.807) is 24.8 Å². The summed E-state index contributed by atoms with van der Waals surface area (Å²) in [5.41, 5.74) is 4.06. The summed E-state index contributed by atoms with van der Waals surface area (Å²) in [6, 6.07) is 19.7. The van der Waals surface area contributed by atoms with E-state index in [0.717, 1.165) is 28.6 Å². The van der Waals surface area contributed by atoms with Crippen molar-refractivity contribution in [3.8, 4) is 23.0 Å². The summed E-state index contributed by atoms with van der Waals surface area (Å²) < 4.78 is 5.90. The molecular formula is C26H26Cl3N8Os-2. The van der Waals surface area contributed by atoms with Gasteiger partial charge in [0.25, 0.3) is 0 Å². The fraction of sp³-hybridized carbons (Fsp3) is 0.115. The van der Waals surface area contributed by atoms with Gasteiger partial charge in [0, 0.05) is 58.3 Å². The van der Waals surface area contributed by atoms with Crippen molar-refractivity contribution in [3.05, 3.63) is 104 Å². The van der Waals surface area contributed by atoms with Gasteiger partial charge in [-0.3, -0.25) is 9.97 Å². The quantitative estimate of drug-likeness (QED) is 0.233. The summed E-state index contributed by atoms with van der Waals surface area (Å²) in [5.74, 6) is 1.80. The maximum absolute atomic E-state index is 4.67. The number of hydrogen-bond acceptors (Lipinski definition) is 5. The molecule has 0 bridgehead atoms. The minimum absolute atomic E-state index is 0. The van der Waals surface area contributed by atoms with Crippen molar-refractivity contribution in [2.24, 2.45) is 21.1 Å². The molecule has 0 saturated carbocycles. The fourth-order valence-corrected chi connectivity index (χ4v) is 3.30. The molecule has 0 fully saturated rings. The van der Waals surface area contributed by atoms with E-state index in [9.17, 15) is 0 Å². The second kappa shape index (κ2) is 17.4. The number of fused-ring (bicyclic) bond motifs is 1. The first-order valence-electron chi connectivity index (χ1n) is 10.9. The van der Waals surface area contributed by atoms with E-state index in [1.807, 2.05) is 108 Å². The van der Waals surface area contributed by atoms with Gasteiger partial charge >= 0.3 is 27.2 Å². The molecule has 6 rings (SSSR count). The molecule has 0 N–H and O–H groups in total. The van der Waals surface area contributed by atoms with Crippen LogP contribution in [-0.2, 0) is 38.7 Å². The van der Waals surface area contributed by atoms with Crippen LogP contribution in [0.5, 0.6) is 0 Å². The molecule has 201 valence electrons. The molecule has 0 aliphatic heterocycles. The standard InChI is InChI=1S/2C9H9N3.C8H8N2.3ClH.Os/c2*1-12-7-6-11-9(12)8-4-2-3-5-10-8;1-10-6-9-7-4-2-3-5-8(7)10;;;;/h2*2-7H,1H3;2-6H,1H3;3*1H;/q;;;;;;+1/p-3. The van der Waals surface area contributed by atoms with Gasteiger partial charge in [0.05, 0.1) is 17.4 Å². The van der Waals surface area contributed by atoms with Crippen LogP contribution in [-0.4, -0.2) is 38.6 Å². The Morgan fingerprint density at radius 2 is 1.03 bits per heavy atom. The van der Waals surface area contributed by atoms with Crippen molar-refractivity contribution < 1.29 is 42.4 Å². The van der Waals surface area contributed by atoms with Gasteiger partial charge in [-0.05, 0) is 36.4 Å². The van der Waals surface area contributed by atoms with Crippen LogP contribution in [0.2, 0.25) is 0 Å². The number of imidazole rings is 3. The summed E-state index contributed by atoms with van der Waals surface area (Å²) >= 11 is 1.33. The Hall–Kier alpha value is -3.08. The third-order valence-electron chi connectivity index (χ3n) is 5.06. The zero-order chi connectivity index (χ0) is 25.8. The molecule has 0 aliphatic rings. The Morgan fingerprint density at radius 1 is 0.553 bits per heavy atom. The van der Waals surface area contributed by atoms with E-state index in [1.165, 1.54) is 23.1 Å². The van der Waals surface area contributed by atoms with Crippen LogP contribution in [0, 0.1) is 0 Å². The Labute approximate surface area is 248 Å². The average molecular weight is 747 g/mol. The molecule has 0 amide bonds. The maximum atomic E-state index is 4.67. The molecule has 8 nitrogen and oxygen atoms in total. The van der Waals surface area contributed by atoms with Gasteiger partial charge < -0.3 is 38.5 Å². The van der Waals surface area contributed by atoms with E-state index in [-0.39, 0.29) is 24.8 Å². The zero-order valence-corrected chi connectivity index (χ0v) is 25.7. The van der Waals surface area contributed by atoms with Crippen molar-refractivity contribution >= 4 is 20.7 Å². The molecule has 6 aromatic rings. The van der Waals surface area contributed by atoms with E-state index in [0.29, 0.717) is 0 Å². The first kappa shape index (κ1) is 32.9. The van der Waals surface area contributed by atoms with E-state index < -0.39 is 0 Å². The van der Waals surface area contributed by atoms with Crippen LogP contribution in [0.15, 0.2) is 104 Å². The molecule has 38 heavy (non-hydrogen) atoms. The van der Waals surface area contributed by atoms with E-state index in [4.69, 9.17) is 0 Å². The zero-order valence-electron chi connectivity index (χ0n) is 20.9. The van der Waals surface area contributed by atoms with Crippen LogP contribution >= 0.6 is 9.64 Å². The molecule has 0 spiro atoms. The second-order valence-electron chi connectivity index (χ2n) is 7.50. The van der Waals surface area contributed by atoms with Crippen molar-refractivity contribution in [2.45, 2.75) is 0 Å². The topological polar surface area (TPSA) is 79.2 Å². The molecule has 0 unspecified atom stereocenters. The van der Waals surface area contributed by atoms with Crippen LogP contribution in [0.3, 0.4) is 0 Å². The van der Waals surface area contributed by atoms with Gasteiger partial charge in [-0.15, -0.1) is 0 Å². The third-order valence-corrected chi connectivity index (χ3v) is 5.06. The number of benzene rings is 1. The van der Waals surface area contributed by atoms with Crippen molar-refractivity contribution in [2.75, 3.05) is 0 Å². The number of rotatable bonds is 2. The number of para-hydroxylation sites is 2. The first-order chi connectivity index (χ1) is 17.6. The van der Waals surface area contributed by atoms with Crippen molar-refractivity contribution in [1.29, 1.82) is 0 Å². The normalized spacial score (nSPS) is 9.29. The van der Waals surface area contributed by atoms with Crippen LogP contribution in [0.4, 0.5) is 0 Å². The fourth-order valence-electron chi connectivity index (χ4n) is 3.30. The summed E-state index contributed by atoms with van der Waals surface area (Å²) in [7, 11) is 10.6. The Morgan fingerprint density at radius 3 is 1.42 bits per heavy atom. The third kappa shape index (κ3) is 9.04. The average Bonchev–Trinajstić information content (AvgIpc) is 3.67. The van der Waals surface area contributed by atoms with Crippen molar-refractivity contribution in [3.63, 3.8) is 0 Å². The Balaban J connectivity index is 0.000000270. The number of halogens is 3. The predicted octanol–water partition coefficient (Wildman–Crippen LogP) is -0.767. The molecule has 0 saturated heterocycles. The van der Waals surface area contributed by atoms with Crippen LogP contribution in [0.25, 0.3) is 34.1 Å². The van der Waals surface area contributed by atoms with Gasteiger partial charge in [0.2, 0.25) is 0 Å². The number of nitrogens with zero attached hydrogens (tertiary/aromatic N) is 8. The summed E-state index contributed by atoms with van der Waals surface area (Å²) in [4.78, 5) is 21.0. The van der Waals surface area contributed by atoms with Gasteiger partial charge in [-0.1, -0.05) is 24.3 Å². The van der Waals surface area contributed by atoms with Crippen LogP contribution < -0.4 is 24.8 Å². The monoisotopic (exact) mass is 747 g/mol. The number of hydrogen-bond donors (Lipinski definition) is 0. The van der Waals surface area contributed by atoms with Gasteiger partial charge in [-0.25, -0.2) is 15.0 Å². The number of aromatic nitrogens is 8. The minimum atomic E-state index is 0. The molecule has 1 aromatic carbocycles. The molecule has 12 heteroatoms. The molecule has 0 aliphatic carbocycles.